The minimum Gasteiger partial charge on any atom is -0.508 e. The third-order valence-corrected chi connectivity index (χ3v) is 5.31. The van der Waals surface area contributed by atoms with Gasteiger partial charge in [0, 0.05) is 31.2 Å². The van der Waals surface area contributed by atoms with Gasteiger partial charge in [-0.25, -0.2) is 0 Å². The Morgan fingerprint density at radius 3 is 2.64 bits per heavy atom. The second-order valence-corrected chi connectivity index (χ2v) is 7.68. The number of benzene rings is 2. The zero-order chi connectivity index (χ0) is 20.1. The first kappa shape index (κ1) is 20.2. The second kappa shape index (κ2) is 9.07. The van der Waals surface area contributed by atoms with E-state index in [1.165, 1.54) is 16.7 Å². The van der Waals surface area contributed by atoms with Crippen LogP contribution in [0.3, 0.4) is 0 Å². The number of aromatic hydroxyl groups is 1. The van der Waals surface area contributed by atoms with Crippen LogP contribution in [0.15, 0.2) is 54.1 Å². The van der Waals surface area contributed by atoms with Crippen molar-refractivity contribution in [1.29, 1.82) is 0 Å². The zero-order valence-corrected chi connectivity index (χ0v) is 17.0. The van der Waals surface area contributed by atoms with E-state index >= 15 is 0 Å². The number of hydrogen-bond donors (Lipinski definition) is 2. The lowest BCUT2D eigenvalue weighted by Crippen LogP contribution is -2.48. The molecule has 1 atom stereocenters. The van der Waals surface area contributed by atoms with Crippen LogP contribution in [0.5, 0.6) is 5.75 Å². The van der Waals surface area contributed by atoms with E-state index in [0.29, 0.717) is 25.1 Å². The molecule has 0 radical (unpaired) electrons. The minimum absolute atomic E-state index is 0.0233. The molecule has 4 heteroatoms. The molecule has 4 nitrogen and oxygen atoms in total. The van der Waals surface area contributed by atoms with E-state index in [0.717, 1.165) is 18.5 Å². The maximum atomic E-state index is 13.1. The van der Waals surface area contributed by atoms with E-state index in [4.69, 9.17) is 0 Å². The van der Waals surface area contributed by atoms with E-state index in [-0.39, 0.29) is 17.7 Å². The van der Waals surface area contributed by atoms with E-state index in [2.05, 4.69) is 42.6 Å². The van der Waals surface area contributed by atoms with Crippen LogP contribution in [0, 0.1) is 0 Å². The minimum atomic E-state index is 0.0233. The number of nitrogens with zero attached hydrogens (tertiary/aromatic N) is 1. The molecule has 1 unspecified atom stereocenters. The lowest BCUT2D eigenvalue weighted by molar-refractivity contribution is 0.0703. The molecule has 0 saturated carbocycles. The number of phenolic OH excluding ortho intramolecular Hbond substituents is 1. The fourth-order valence-electron chi connectivity index (χ4n) is 3.52. The van der Waals surface area contributed by atoms with Gasteiger partial charge in [-0.3, -0.25) is 4.79 Å². The van der Waals surface area contributed by atoms with Gasteiger partial charge in [0.1, 0.15) is 5.75 Å². The Kier molecular flexibility index (Phi) is 6.53. The summed E-state index contributed by atoms with van der Waals surface area (Å²) in [5, 5.41) is 13.6. The summed E-state index contributed by atoms with van der Waals surface area (Å²) >= 11 is 0. The number of rotatable bonds is 5. The summed E-state index contributed by atoms with van der Waals surface area (Å²) in [6.07, 6.45) is 3.71. The predicted molar refractivity (Wildman–Crippen MR) is 114 cm³/mol. The SMILES string of the molecule is CCc1ccc(C2CN(C(=O)c3ccc(O)c(CC=C(C)C)c3)CCN2)cc1. The van der Waals surface area contributed by atoms with Gasteiger partial charge < -0.3 is 15.3 Å². The van der Waals surface area contributed by atoms with Crippen molar-refractivity contribution in [2.75, 3.05) is 19.6 Å². The fraction of sp³-hybridized carbons (Fsp3) is 0.375. The van der Waals surface area contributed by atoms with Crippen molar-refractivity contribution in [3.05, 3.63) is 76.4 Å². The van der Waals surface area contributed by atoms with Gasteiger partial charge in [-0.1, -0.05) is 42.8 Å². The highest BCUT2D eigenvalue weighted by Gasteiger charge is 2.25. The van der Waals surface area contributed by atoms with Crippen molar-refractivity contribution in [3.8, 4) is 5.75 Å². The Balaban J connectivity index is 1.74. The smallest absolute Gasteiger partial charge is 0.253 e. The Hall–Kier alpha value is -2.59. The number of piperazine rings is 1. The molecule has 2 aromatic carbocycles. The lowest BCUT2D eigenvalue weighted by Gasteiger charge is -2.34. The highest BCUT2D eigenvalue weighted by molar-refractivity contribution is 5.94. The molecule has 148 valence electrons. The molecule has 0 bridgehead atoms. The van der Waals surface area contributed by atoms with Crippen LogP contribution in [0.25, 0.3) is 0 Å². The summed E-state index contributed by atoms with van der Waals surface area (Å²) in [6.45, 7) is 8.31. The quantitative estimate of drug-likeness (QED) is 0.765. The summed E-state index contributed by atoms with van der Waals surface area (Å²) in [6, 6.07) is 13.9. The summed E-state index contributed by atoms with van der Waals surface area (Å²) < 4.78 is 0. The van der Waals surface area contributed by atoms with Gasteiger partial charge in [0.2, 0.25) is 0 Å². The third kappa shape index (κ3) is 4.82. The number of nitrogens with one attached hydrogen (secondary N) is 1. The van der Waals surface area contributed by atoms with Crippen LogP contribution in [0.2, 0.25) is 0 Å². The molecule has 1 fully saturated rings. The molecule has 0 spiro atoms. The first-order valence-corrected chi connectivity index (χ1v) is 10.0. The predicted octanol–water partition coefficient (Wildman–Crippen LogP) is 4.25. The maximum Gasteiger partial charge on any atom is 0.253 e. The van der Waals surface area contributed by atoms with Crippen molar-refractivity contribution >= 4 is 5.91 Å². The standard InChI is InChI=1S/C24H30N2O2/c1-4-18-6-9-19(10-7-18)22-16-26(14-13-25-22)24(28)21-11-12-23(27)20(15-21)8-5-17(2)3/h5-7,9-12,15,22,25,27H,4,8,13-14,16H2,1-3H3. The molecule has 2 N–H and O–H groups in total. The second-order valence-electron chi connectivity index (χ2n) is 7.68. The van der Waals surface area contributed by atoms with Crippen molar-refractivity contribution in [1.82, 2.24) is 10.2 Å². The Morgan fingerprint density at radius 1 is 1.21 bits per heavy atom. The molecule has 28 heavy (non-hydrogen) atoms. The van der Waals surface area contributed by atoms with Crippen LogP contribution in [-0.4, -0.2) is 35.5 Å². The average molecular weight is 379 g/mol. The molecular weight excluding hydrogens is 348 g/mol. The Morgan fingerprint density at radius 2 is 1.96 bits per heavy atom. The monoisotopic (exact) mass is 378 g/mol. The molecule has 1 amide bonds. The summed E-state index contributed by atoms with van der Waals surface area (Å²) in [5.74, 6) is 0.262. The molecule has 1 aliphatic rings. The summed E-state index contributed by atoms with van der Waals surface area (Å²) in [7, 11) is 0. The number of phenols is 1. The van der Waals surface area contributed by atoms with Gasteiger partial charge in [0.25, 0.3) is 5.91 Å². The largest absolute Gasteiger partial charge is 0.508 e. The average Bonchev–Trinajstić information content (AvgIpc) is 2.72. The van der Waals surface area contributed by atoms with Gasteiger partial charge in [0.05, 0.1) is 0 Å². The number of carbonyl (C=O) groups is 1. The zero-order valence-electron chi connectivity index (χ0n) is 17.0. The first-order valence-electron chi connectivity index (χ1n) is 10.0. The van der Waals surface area contributed by atoms with Crippen LogP contribution in [0.4, 0.5) is 0 Å². The molecule has 0 aliphatic carbocycles. The van der Waals surface area contributed by atoms with Crippen LogP contribution in [0.1, 0.15) is 53.9 Å². The highest BCUT2D eigenvalue weighted by atomic mass is 16.3. The summed E-state index contributed by atoms with van der Waals surface area (Å²) in [4.78, 5) is 15.0. The number of amides is 1. The highest BCUT2D eigenvalue weighted by Crippen LogP contribution is 2.23. The molecule has 0 aromatic heterocycles. The molecule has 1 heterocycles. The van der Waals surface area contributed by atoms with Gasteiger partial charge >= 0.3 is 0 Å². The Labute approximate surface area is 167 Å². The van der Waals surface area contributed by atoms with Crippen molar-refractivity contribution in [3.63, 3.8) is 0 Å². The van der Waals surface area contributed by atoms with Crippen LogP contribution in [-0.2, 0) is 12.8 Å². The maximum absolute atomic E-state index is 13.1. The molecular formula is C24H30N2O2. The number of carbonyl (C=O) groups excluding carboxylic acids is 1. The topological polar surface area (TPSA) is 52.6 Å². The molecule has 1 saturated heterocycles. The third-order valence-electron chi connectivity index (χ3n) is 5.31. The van der Waals surface area contributed by atoms with Crippen LogP contribution < -0.4 is 5.32 Å². The van der Waals surface area contributed by atoms with Crippen molar-refractivity contribution in [2.24, 2.45) is 0 Å². The fourth-order valence-corrected chi connectivity index (χ4v) is 3.52. The number of hydrogen-bond acceptors (Lipinski definition) is 3. The van der Waals surface area contributed by atoms with E-state index < -0.39 is 0 Å². The summed E-state index contributed by atoms with van der Waals surface area (Å²) in [5.41, 5.74) is 5.14. The molecule has 3 rings (SSSR count). The van der Waals surface area contributed by atoms with E-state index in [9.17, 15) is 9.90 Å². The lowest BCUT2D eigenvalue weighted by atomic mass is 10.0. The first-order chi connectivity index (χ1) is 13.5. The van der Waals surface area contributed by atoms with E-state index in [1.807, 2.05) is 24.8 Å². The van der Waals surface area contributed by atoms with Crippen LogP contribution >= 0.6 is 0 Å². The molecule has 1 aliphatic heterocycles. The van der Waals surface area contributed by atoms with Crippen molar-refractivity contribution in [2.45, 2.75) is 39.7 Å². The van der Waals surface area contributed by atoms with Gasteiger partial charge in [-0.05, 0) is 61.6 Å². The van der Waals surface area contributed by atoms with Gasteiger partial charge in [-0.2, -0.15) is 0 Å². The number of aryl methyl sites for hydroxylation is 1. The Bertz CT molecular complexity index is 851. The van der Waals surface area contributed by atoms with Gasteiger partial charge in [0.15, 0.2) is 0 Å². The number of allylic oxidation sites excluding steroid dienone is 2. The van der Waals surface area contributed by atoms with E-state index in [1.54, 1.807) is 12.1 Å². The van der Waals surface area contributed by atoms with Crippen molar-refractivity contribution < 1.29 is 9.90 Å². The molecule has 2 aromatic rings. The normalized spacial score (nSPS) is 16.7. The van der Waals surface area contributed by atoms with Gasteiger partial charge in [-0.15, -0.1) is 0 Å².